The zero-order valence-electron chi connectivity index (χ0n) is 21.0. The number of aliphatic hydroxyl groups is 1. The van der Waals surface area contributed by atoms with Crippen LogP contribution in [0.2, 0.25) is 0 Å². The summed E-state index contributed by atoms with van der Waals surface area (Å²) in [6.45, 7) is 9.47. The van der Waals surface area contributed by atoms with E-state index in [1.54, 1.807) is 13.8 Å². The van der Waals surface area contributed by atoms with Crippen molar-refractivity contribution in [1.29, 1.82) is 0 Å². The van der Waals surface area contributed by atoms with Crippen LogP contribution in [0.25, 0.3) is 11.1 Å². The van der Waals surface area contributed by atoms with Crippen LogP contribution < -0.4 is 14.2 Å². The molecule has 2 unspecified atom stereocenters. The van der Waals surface area contributed by atoms with Crippen LogP contribution in [0.5, 0.6) is 11.5 Å². The van der Waals surface area contributed by atoms with E-state index in [2.05, 4.69) is 55.0 Å². The van der Waals surface area contributed by atoms with E-state index in [9.17, 15) is 9.32 Å². The lowest BCUT2D eigenvalue weighted by Gasteiger charge is -2.19. The SMILES string of the molecule is Cc1cc(-c2cccc(COc3ccc(C4CCNS4=O)cc3)c2)c(C)cc1OCCC(C)(C)O. The van der Waals surface area contributed by atoms with Gasteiger partial charge in [-0.1, -0.05) is 30.3 Å². The number of ether oxygens (including phenoxy) is 2. The Morgan fingerprint density at radius 1 is 1.03 bits per heavy atom. The molecule has 0 spiro atoms. The minimum atomic E-state index is -0.992. The van der Waals surface area contributed by atoms with E-state index in [0.29, 0.717) is 19.6 Å². The zero-order valence-corrected chi connectivity index (χ0v) is 21.8. The van der Waals surface area contributed by atoms with Crippen molar-refractivity contribution < 1.29 is 18.8 Å². The standard InChI is InChI=1S/C29H35NO4S/c1-20-17-27(33-15-13-29(3,4)31)21(2)16-26(20)24-7-5-6-22(18-24)19-34-25-10-8-23(9-11-25)28-12-14-30-35(28)32/h5-11,16-18,28,30-31H,12-15,19H2,1-4H3. The number of hydrogen-bond acceptors (Lipinski definition) is 4. The van der Waals surface area contributed by atoms with E-state index in [4.69, 9.17) is 9.47 Å². The van der Waals surface area contributed by atoms with Gasteiger partial charge < -0.3 is 14.6 Å². The summed E-state index contributed by atoms with van der Waals surface area (Å²) in [6, 6.07) is 20.6. The summed E-state index contributed by atoms with van der Waals surface area (Å²) in [7, 11) is -0.992. The molecule has 1 aliphatic heterocycles. The average Bonchev–Trinajstić information content (AvgIpc) is 3.25. The fourth-order valence-corrected chi connectivity index (χ4v) is 5.49. The molecule has 0 aliphatic carbocycles. The first-order valence-electron chi connectivity index (χ1n) is 12.1. The first kappa shape index (κ1) is 25.4. The summed E-state index contributed by atoms with van der Waals surface area (Å²) < 4.78 is 27.0. The van der Waals surface area contributed by atoms with Gasteiger partial charge in [-0.05, 0) is 97.8 Å². The van der Waals surface area contributed by atoms with Gasteiger partial charge in [-0.3, -0.25) is 0 Å². The van der Waals surface area contributed by atoms with Crippen LogP contribution in [0.4, 0.5) is 0 Å². The number of nitrogens with one attached hydrogen (secondary N) is 1. The molecule has 1 aliphatic rings. The highest BCUT2D eigenvalue weighted by molar-refractivity contribution is 7.83. The lowest BCUT2D eigenvalue weighted by molar-refractivity contribution is 0.0552. The lowest BCUT2D eigenvalue weighted by Crippen LogP contribution is -2.21. The molecule has 1 heterocycles. The molecule has 6 heteroatoms. The Hall–Kier alpha value is -2.67. The number of rotatable bonds is 9. The van der Waals surface area contributed by atoms with Gasteiger partial charge in [0.1, 0.15) is 18.1 Å². The molecule has 0 amide bonds. The fourth-order valence-electron chi connectivity index (χ4n) is 4.23. The maximum absolute atomic E-state index is 12.0. The third kappa shape index (κ3) is 6.72. The van der Waals surface area contributed by atoms with Crippen molar-refractivity contribution in [2.24, 2.45) is 0 Å². The minimum Gasteiger partial charge on any atom is -0.493 e. The van der Waals surface area contributed by atoms with Crippen molar-refractivity contribution in [3.05, 3.63) is 82.9 Å². The molecule has 3 aromatic carbocycles. The Kier molecular flexibility index (Phi) is 7.95. The Labute approximate surface area is 211 Å². The van der Waals surface area contributed by atoms with E-state index in [0.717, 1.165) is 52.3 Å². The average molecular weight is 494 g/mol. The van der Waals surface area contributed by atoms with Gasteiger partial charge in [-0.15, -0.1) is 0 Å². The van der Waals surface area contributed by atoms with Gasteiger partial charge in [0.15, 0.2) is 0 Å². The normalized spacial score (nSPS) is 18.0. The summed E-state index contributed by atoms with van der Waals surface area (Å²) in [6.07, 6.45) is 1.47. The number of aryl methyl sites for hydroxylation is 2. The van der Waals surface area contributed by atoms with Gasteiger partial charge >= 0.3 is 0 Å². The van der Waals surface area contributed by atoms with E-state index >= 15 is 0 Å². The third-order valence-electron chi connectivity index (χ3n) is 6.30. The molecule has 0 saturated carbocycles. The van der Waals surface area contributed by atoms with Crippen LogP contribution in [0.15, 0.2) is 60.7 Å². The van der Waals surface area contributed by atoms with Crippen molar-refractivity contribution in [3.63, 3.8) is 0 Å². The summed E-state index contributed by atoms with van der Waals surface area (Å²) in [5.41, 5.74) is 5.96. The first-order valence-corrected chi connectivity index (χ1v) is 13.3. The van der Waals surface area contributed by atoms with Crippen molar-refractivity contribution in [1.82, 2.24) is 4.72 Å². The second-order valence-corrected chi connectivity index (χ2v) is 11.3. The van der Waals surface area contributed by atoms with Crippen LogP contribution in [-0.4, -0.2) is 28.1 Å². The van der Waals surface area contributed by atoms with Crippen LogP contribution in [0.3, 0.4) is 0 Å². The zero-order chi connectivity index (χ0) is 25.0. The van der Waals surface area contributed by atoms with Gasteiger partial charge in [0, 0.05) is 13.0 Å². The molecular formula is C29H35NO4S. The molecule has 2 N–H and O–H groups in total. The number of hydrogen-bond donors (Lipinski definition) is 2. The van der Waals surface area contributed by atoms with Gasteiger partial charge in [0.2, 0.25) is 0 Å². The molecule has 2 atom stereocenters. The van der Waals surface area contributed by atoms with Crippen LogP contribution in [0.1, 0.15) is 54.2 Å². The summed E-state index contributed by atoms with van der Waals surface area (Å²) in [4.78, 5) is 0. The molecule has 186 valence electrons. The highest BCUT2D eigenvalue weighted by Gasteiger charge is 2.24. The van der Waals surface area contributed by atoms with Crippen molar-refractivity contribution in [2.75, 3.05) is 13.2 Å². The highest BCUT2D eigenvalue weighted by atomic mass is 32.2. The quantitative estimate of drug-likeness (QED) is 0.396. The third-order valence-corrected chi connectivity index (χ3v) is 7.81. The first-order chi connectivity index (χ1) is 16.7. The Morgan fingerprint density at radius 2 is 1.80 bits per heavy atom. The molecule has 5 nitrogen and oxygen atoms in total. The maximum atomic E-state index is 12.0. The van der Waals surface area contributed by atoms with Crippen LogP contribution in [-0.2, 0) is 17.6 Å². The predicted octanol–water partition coefficient (Wildman–Crippen LogP) is 5.79. The lowest BCUT2D eigenvalue weighted by atomic mass is 9.96. The second kappa shape index (κ2) is 10.9. The molecule has 4 rings (SSSR count). The van der Waals surface area contributed by atoms with Crippen LogP contribution in [0, 0.1) is 13.8 Å². The topological polar surface area (TPSA) is 67.8 Å². The van der Waals surface area contributed by atoms with E-state index in [1.165, 1.54) is 5.56 Å². The Bertz CT molecular complexity index is 1180. The molecular weight excluding hydrogens is 458 g/mol. The van der Waals surface area contributed by atoms with Gasteiger partial charge in [0.25, 0.3) is 0 Å². The van der Waals surface area contributed by atoms with Crippen molar-refractivity contribution >= 4 is 11.0 Å². The minimum absolute atomic E-state index is 0.0609. The Morgan fingerprint density at radius 3 is 2.49 bits per heavy atom. The summed E-state index contributed by atoms with van der Waals surface area (Å²) in [5.74, 6) is 1.66. The smallest absolute Gasteiger partial charge is 0.122 e. The number of benzene rings is 3. The van der Waals surface area contributed by atoms with Gasteiger partial charge in [0.05, 0.1) is 28.4 Å². The van der Waals surface area contributed by atoms with Gasteiger partial charge in [-0.2, -0.15) is 0 Å². The molecule has 0 radical (unpaired) electrons. The van der Waals surface area contributed by atoms with Crippen molar-refractivity contribution in [3.8, 4) is 22.6 Å². The van der Waals surface area contributed by atoms with E-state index in [-0.39, 0.29) is 5.25 Å². The second-order valence-electron chi connectivity index (χ2n) is 9.87. The molecule has 0 aromatic heterocycles. The highest BCUT2D eigenvalue weighted by Crippen LogP contribution is 2.32. The molecule has 0 bridgehead atoms. The van der Waals surface area contributed by atoms with Gasteiger partial charge in [-0.25, -0.2) is 8.93 Å². The Balaban J connectivity index is 1.41. The predicted molar refractivity (Wildman–Crippen MR) is 142 cm³/mol. The molecule has 1 saturated heterocycles. The van der Waals surface area contributed by atoms with Crippen molar-refractivity contribution in [2.45, 2.75) is 58.0 Å². The maximum Gasteiger partial charge on any atom is 0.122 e. The summed E-state index contributed by atoms with van der Waals surface area (Å²) >= 11 is 0. The summed E-state index contributed by atoms with van der Waals surface area (Å²) in [5, 5.41) is 9.98. The largest absolute Gasteiger partial charge is 0.493 e. The van der Waals surface area contributed by atoms with E-state index < -0.39 is 16.6 Å². The van der Waals surface area contributed by atoms with E-state index in [1.807, 2.05) is 24.3 Å². The monoisotopic (exact) mass is 493 g/mol. The molecule has 1 fully saturated rings. The molecule has 35 heavy (non-hydrogen) atoms. The fraction of sp³-hybridized carbons (Fsp3) is 0.379. The van der Waals surface area contributed by atoms with Crippen LogP contribution >= 0.6 is 0 Å². The molecule has 3 aromatic rings.